The second-order valence-corrected chi connectivity index (χ2v) is 32.6. The molecule has 0 saturated carbocycles. The summed E-state index contributed by atoms with van der Waals surface area (Å²) in [6.07, 6.45) is 51.4. The Kier molecular flexibility index (Phi) is 65.0. The fraction of sp³-hybridized carbons (Fsp3) is 0.948. The number of carbonyl (C=O) groups excluding carboxylic acids is 4. The third-order valence-corrected chi connectivity index (χ3v) is 19.7. The molecule has 0 aromatic heterocycles. The first-order chi connectivity index (χ1) is 46.1. The van der Waals surface area contributed by atoms with Crippen LogP contribution in [0.5, 0.6) is 0 Å². The predicted octanol–water partition coefficient (Wildman–Crippen LogP) is 22.4. The van der Waals surface area contributed by atoms with Crippen molar-refractivity contribution in [2.45, 2.75) is 408 Å². The van der Waals surface area contributed by atoms with Crippen LogP contribution in [-0.2, 0) is 65.4 Å². The fourth-order valence-corrected chi connectivity index (χ4v) is 13.3. The molecule has 3 unspecified atom stereocenters. The van der Waals surface area contributed by atoms with E-state index in [0.717, 1.165) is 114 Å². The van der Waals surface area contributed by atoms with Crippen LogP contribution in [0.2, 0.25) is 0 Å². The molecule has 0 bridgehead atoms. The maximum atomic E-state index is 13.1. The SMILES string of the molecule is CC(C)CCCCCCCCCCCCCCCCC(=O)O[C@H](COC(=O)CCCCCCCCCCCC(C)C)COP(=O)(O)OCC(O)COP(=O)(O)OC[C@@H](COC(=O)CCCCCCCCCC(C)C)OC(=O)CCCCCCCCCCCCCCCCC(C)C. The highest BCUT2D eigenvalue weighted by molar-refractivity contribution is 7.47. The van der Waals surface area contributed by atoms with E-state index in [1.54, 1.807) is 0 Å². The summed E-state index contributed by atoms with van der Waals surface area (Å²) in [5, 5.41) is 10.6. The van der Waals surface area contributed by atoms with Gasteiger partial charge in [-0.3, -0.25) is 37.3 Å². The number of carbonyl (C=O) groups is 4. The Labute approximate surface area is 588 Å². The minimum Gasteiger partial charge on any atom is -0.462 e. The lowest BCUT2D eigenvalue weighted by Crippen LogP contribution is -2.30. The Morgan fingerprint density at radius 2 is 0.438 bits per heavy atom. The quantitative estimate of drug-likeness (QED) is 0.0222. The van der Waals surface area contributed by atoms with Crippen molar-refractivity contribution in [2.75, 3.05) is 39.6 Å². The van der Waals surface area contributed by atoms with Crippen LogP contribution in [0, 0.1) is 23.7 Å². The van der Waals surface area contributed by atoms with Crippen molar-refractivity contribution in [2.24, 2.45) is 23.7 Å². The van der Waals surface area contributed by atoms with Gasteiger partial charge in [-0.15, -0.1) is 0 Å². The van der Waals surface area contributed by atoms with E-state index in [1.807, 2.05) is 0 Å². The Bertz CT molecular complexity index is 1880. The third kappa shape index (κ3) is 70.5. The first-order valence-electron chi connectivity index (χ1n) is 39.7. The van der Waals surface area contributed by atoms with Gasteiger partial charge in [-0.2, -0.15) is 0 Å². The molecule has 0 aliphatic rings. The first kappa shape index (κ1) is 94.1. The highest BCUT2D eigenvalue weighted by Gasteiger charge is 2.30. The Morgan fingerprint density at radius 3 is 0.646 bits per heavy atom. The molecule has 0 amide bonds. The van der Waals surface area contributed by atoms with Gasteiger partial charge in [-0.25, -0.2) is 9.13 Å². The van der Waals surface area contributed by atoms with Gasteiger partial charge in [0, 0.05) is 25.7 Å². The monoisotopic (exact) mass is 1410 g/mol. The molecule has 0 fully saturated rings. The molecule has 570 valence electrons. The lowest BCUT2D eigenvalue weighted by Gasteiger charge is -2.21. The fourth-order valence-electron chi connectivity index (χ4n) is 11.7. The zero-order valence-corrected chi connectivity index (χ0v) is 64.8. The summed E-state index contributed by atoms with van der Waals surface area (Å²) in [6.45, 7) is 14.2. The molecule has 0 aliphatic heterocycles. The predicted molar refractivity (Wildman–Crippen MR) is 391 cm³/mol. The maximum Gasteiger partial charge on any atom is 0.472 e. The summed E-state index contributed by atoms with van der Waals surface area (Å²) < 4.78 is 68.6. The molecule has 0 aliphatic carbocycles. The number of phosphoric ester groups is 2. The largest absolute Gasteiger partial charge is 0.472 e. The number of phosphoric acid groups is 2. The van der Waals surface area contributed by atoms with E-state index in [-0.39, 0.29) is 25.7 Å². The van der Waals surface area contributed by atoms with E-state index >= 15 is 0 Å². The standard InChI is InChI=1S/C77H150O17P2/c1-67(2)53-45-37-29-22-17-13-9-11-15-19-25-34-43-51-59-76(81)93-72(63-87-74(79)57-49-41-33-27-21-24-31-39-47-55-69(5)6)65-91-95(83,84)89-61-71(78)62-90-96(85,86)92-66-73(64-88-75(80)58-50-42-36-28-32-40-48-56-70(7)8)94-77(82)60-52-44-35-26-20-16-12-10-14-18-23-30-38-46-54-68(3)4/h67-73,78H,9-66H2,1-8H3,(H,83,84)(H,85,86)/t71?,72-,73-/m1/s1. The summed E-state index contributed by atoms with van der Waals surface area (Å²) in [5.41, 5.74) is 0. The van der Waals surface area contributed by atoms with Crippen molar-refractivity contribution in [1.82, 2.24) is 0 Å². The van der Waals surface area contributed by atoms with Crippen molar-refractivity contribution in [1.29, 1.82) is 0 Å². The molecule has 5 atom stereocenters. The molecule has 0 aromatic carbocycles. The molecule has 17 nitrogen and oxygen atoms in total. The molecule has 0 heterocycles. The van der Waals surface area contributed by atoms with Gasteiger partial charge in [-0.1, -0.05) is 338 Å². The molecule has 0 radical (unpaired) electrons. The molecule has 0 spiro atoms. The highest BCUT2D eigenvalue weighted by Crippen LogP contribution is 2.45. The summed E-state index contributed by atoms with van der Waals surface area (Å²) >= 11 is 0. The minimum atomic E-state index is -4.96. The van der Waals surface area contributed by atoms with E-state index < -0.39 is 97.5 Å². The third-order valence-electron chi connectivity index (χ3n) is 17.8. The van der Waals surface area contributed by atoms with Gasteiger partial charge < -0.3 is 33.8 Å². The number of unbranched alkanes of at least 4 members (excludes halogenated alkanes) is 40. The van der Waals surface area contributed by atoms with Crippen LogP contribution in [0.1, 0.15) is 389 Å². The summed E-state index contributed by atoms with van der Waals surface area (Å²) in [6, 6.07) is 0. The van der Waals surface area contributed by atoms with Gasteiger partial charge in [0.1, 0.15) is 19.3 Å². The van der Waals surface area contributed by atoms with Crippen LogP contribution in [0.4, 0.5) is 0 Å². The lowest BCUT2D eigenvalue weighted by atomic mass is 10.0. The maximum absolute atomic E-state index is 13.1. The van der Waals surface area contributed by atoms with Crippen molar-refractivity contribution >= 4 is 39.5 Å². The van der Waals surface area contributed by atoms with E-state index in [9.17, 15) is 43.2 Å². The van der Waals surface area contributed by atoms with Gasteiger partial charge in [-0.05, 0) is 49.4 Å². The molecule has 19 heteroatoms. The number of hydrogen-bond donors (Lipinski definition) is 3. The number of esters is 4. The zero-order valence-electron chi connectivity index (χ0n) is 63.0. The van der Waals surface area contributed by atoms with Gasteiger partial charge >= 0.3 is 39.5 Å². The van der Waals surface area contributed by atoms with E-state index in [0.29, 0.717) is 31.6 Å². The smallest absolute Gasteiger partial charge is 0.462 e. The summed E-state index contributed by atoms with van der Waals surface area (Å²) in [5.74, 6) is 0.919. The van der Waals surface area contributed by atoms with Gasteiger partial charge in [0.05, 0.1) is 26.4 Å². The van der Waals surface area contributed by atoms with Crippen molar-refractivity contribution in [3.05, 3.63) is 0 Å². The Morgan fingerprint density at radius 1 is 0.260 bits per heavy atom. The molecular formula is C77H150O17P2. The van der Waals surface area contributed by atoms with Gasteiger partial charge in [0.15, 0.2) is 12.2 Å². The first-order valence-corrected chi connectivity index (χ1v) is 42.7. The Hall–Kier alpha value is -1.94. The number of hydrogen-bond acceptors (Lipinski definition) is 15. The van der Waals surface area contributed by atoms with Crippen LogP contribution in [-0.4, -0.2) is 96.7 Å². The Balaban J connectivity index is 5.24. The van der Waals surface area contributed by atoms with Crippen molar-refractivity contribution in [3.63, 3.8) is 0 Å². The van der Waals surface area contributed by atoms with Gasteiger partial charge in [0.2, 0.25) is 0 Å². The van der Waals surface area contributed by atoms with Crippen molar-refractivity contribution in [3.8, 4) is 0 Å². The van der Waals surface area contributed by atoms with Crippen molar-refractivity contribution < 1.29 is 80.2 Å². The number of rotatable bonds is 74. The van der Waals surface area contributed by atoms with E-state index in [2.05, 4.69) is 55.4 Å². The molecule has 96 heavy (non-hydrogen) atoms. The van der Waals surface area contributed by atoms with Crippen LogP contribution < -0.4 is 0 Å². The number of ether oxygens (including phenoxy) is 4. The average Bonchev–Trinajstić information content (AvgIpc) is 1.14. The molecular weight excluding hydrogens is 1260 g/mol. The van der Waals surface area contributed by atoms with Crippen LogP contribution in [0.25, 0.3) is 0 Å². The second kappa shape index (κ2) is 66.3. The lowest BCUT2D eigenvalue weighted by molar-refractivity contribution is -0.161. The van der Waals surface area contributed by atoms with Crippen LogP contribution in [0.3, 0.4) is 0 Å². The second-order valence-electron chi connectivity index (χ2n) is 29.7. The molecule has 3 N–H and O–H groups in total. The topological polar surface area (TPSA) is 237 Å². The van der Waals surface area contributed by atoms with Crippen LogP contribution >= 0.6 is 15.6 Å². The molecule has 0 aromatic rings. The molecule has 0 saturated heterocycles. The average molecular weight is 1410 g/mol. The summed E-state index contributed by atoms with van der Waals surface area (Å²) in [4.78, 5) is 72.8. The van der Waals surface area contributed by atoms with Gasteiger partial charge in [0.25, 0.3) is 0 Å². The van der Waals surface area contributed by atoms with E-state index in [1.165, 1.54) is 186 Å². The summed E-state index contributed by atoms with van der Waals surface area (Å²) in [7, 11) is -9.92. The molecule has 0 rings (SSSR count). The zero-order chi connectivity index (χ0) is 71.0. The van der Waals surface area contributed by atoms with E-state index in [4.69, 9.17) is 37.0 Å². The normalized spacial score (nSPS) is 14.1. The van der Waals surface area contributed by atoms with Crippen LogP contribution in [0.15, 0.2) is 0 Å². The highest BCUT2D eigenvalue weighted by atomic mass is 31.2. The number of aliphatic hydroxyl groups excluding tert-OH is 1. The number of aliphatic hydroxyl groups is 1. The minimum absolute atomic E-state index is 0.106.